The number of para-hydroxylation sites is 1. The van der Waals surface area contributed by atoms with E-state index in [1.807, 2.05) is 6.92 Å². The van der Waals surface area contributed by atoms with Gasteiger partial charge < -0.3 is 10.5 Å². The third-order valence-corrected chi connectivity index (χ3v) is 3.88. The maximum atomic E-state index is 13.2. The van der Waals surface area contributed by atoms with Crippen LogP contribution in [0.1, 0.15) is 13.8 Å². The zero-order valence-corrected chi connectivity index (χ0v) is 11.1. The Kier molecular flexibility index (Phi) is 5.06. The molecule has 0 heterocycles. The van der Waals surface area contributed by atoms with E-state index in [0.717, 1.165) is 6.07 Å². The average molecular weight is 276 g/mol. The van der Waals surface area contributed by atoms with E-state index >= 15 is 0 Å². The first-order chi connectivity index (χ1) is 8.38. The lowest BCUT2D eigenvalue weighted by Crippen LogP contribution is -2.36. The van der Waals surface area contributed by atoms with E-state index in [-0.39, 0.29) is 17.2 Å². The van der Waals surface area contributed by atoms with Crippen molar-refractivity contribution in [3.63, 3.8) is 0 Å². The molecule has 0 radical (unpaired) electrons. The van der Waals surface area contributed by atoms with Crippen molar-refractivity contribution >= 4 is 15.7 Å². The normalized spacial score (nSPS) is 13.5. The molecule has 5 nitrogen and oxygen atoms in total. The van der Waals surface area contributed by atoms with Gasteiger partial charge >= 0.3 is 0 Å². The van der Waals surface area contributed by atoms with Crippen molar-refractivity contribution in [3.05, 3.63) is 24.0 Å². The van der Waals surface area contributed by atoms with Gasteiger partial charge in [-0.1, -0.05) is 6.07 Å². The van der Waals surface area contributed by atoms with Crippen LogP contribution in [0.15, 0.2) is 23.1 Å². The second kappa shape index (κ2) is 6.12. The zero-order valence-electron chi connectivity index (χ0n) is 10.3. The van der Waals surface area contributed by atoms with Crippen LogP contribution in [0, 0.1) is 5.82 Å². The highest BCUT2D eigenvalue weighted by molar-refractivity contribution is 7.89. The summed E-state index contributed by atoms with van der Waals surface area (Å²) in [6.45, 7) is 4.20. The molecule has 1 aromatic carbocycles. The molecule has 0 bridgehead atoms. The second-order valence-corrected chi connectivity index (χ2v) is 5.52. The number of hydrogen-bond donors (Lipinski definition) is 2. The Hall–Kier alpha value is -1.18. The van der Waals surface area contributed by atoms with Crippen LogP contribution in [-0.2, 0) is 14.8 Å². The van der Waals surface area contributed by atoms with Crippen LogP contribution < -0.4 is 10.5 Å². The minimum atomic E-state index is -3.84. The Morgan fingerprint density at radius 1 is 1.50 bits per heavy atom. The smallest absolute Gasteiger partial charge is 0.243 e. The number of ether oxygens (including phenoxy) is 1. The van der Waals surface area contributed by atoms with Crippen LogP contribution in [0.4, 0.5) is 10.1 Å². The average Bonchev–Trinajstić information content (AvgIpc) is 2.29. The molecule has 1 aromatic rings. The van der Waals surface area contributed by atoms with Crippen molar-refractivity contribution in [1.82, 2.24) is 4.72 Å². The lowest BCUT2D eigenvalue weighted by Gasteiger charge is -2.15. The molecule has 0 saturated carbocycles. The van der Waals surface area contributed by atoms with Crippen LogP contribution in [-0.4, -0.2) is 27.7 Å². The maximum absolute atomic E-state index is 13.2. The van der Waals surface area contributed by atoms with Gasteiger partial charge in [0.25, 0.3) is 0 Å². The van der Waals surface area contributed by atoms with Crippen LogP contribution >= 0.6 is 0 Å². The fraction of sp³-hybridized carbons (Fsp3) is 0.455. The van der Waals surface area contributed by atoms with Crippen molar-refractivity contribution in [2.75, 3.05) is 18.9 Å². The van der Waals surface area contributed by atoms with Crippen LogP contribution in [0.5, 0.6) is 0 Å². The lowest BCUT2D eigenvalue weighted by atomic mass is 10.3. The summed E-state index contributed by atoms with van der Waals surface area (Å²) < 4.78 is 44.6. The molecular formula is C11H17FN2O3S. The summed E-state index contributed by atoms with van der Waals surface area (Å²) in [6.07, 6.45) is 0. The second-order valence-electron chi connectivity index (χ2n) is 3.83. The van der Waals surface area contributed by atoms with E-state index in [4.69, 9.17) is 10.5 Å². The monoisotopic (exact) mass is 276 g/mol. The Labute approximate surface area is 106 Å². The summed E-state index contributed by atoms with van der Waals surface area (Å²) in [5.74, 6) is -0.754. The van der Waals surface area contributed by atoms with E-state index in [2.05, 4.69) is 4.72 Å². The standard InChI is InChI=1S/C11H17FN2O3S/c1-3-17-7-8(2)14-18(15,16)10-6-4-5-9(12)11(10)13/h4-6,8,14H,3,7,13H2,1-2H3. The van der Waals surface area contributed by atoms with Gasteiger partial charge in [0.2, 0.25) is 10.0 Å². The van der Waals surface area contributed by atoms with Gasteiger partial charge in [0, 0.05) is 12.6 Å². The number of anilines is 1. The molecule has 0 aliphatic rings. The molecule has 0 spiro atoms. The van der Waals surface area contributed by atoms with Gasteiger partial charge in [-0.2, -0.15) is 0 Å². The number of rotatable bonds is 6. The number of benzene rings is 1. The minimum absolute atomic E-state index is 0.241. The number of halogens is 1. The van der Waals surface area contributed by atoms with Gasteiger partial charge in [0.15, 0.2) is 0 Å². The van der Waals surface area contributed by atoms with E-state index < -0.39 is 21.9 Å². The highest BCUT2D eigenvalue weighted by Gasteiger charge is 2.21. The topological polar surface area (TPSA) is 81.4 Å². The first-order valence-electron chi connectivity index (χ1n) is 5.52. The molecule has 102 valence electrons. The number of hydrogen-bond acceptors (Lipinski definition) is 4. The van der Waals surface area contributed by atoms with Crippen molar-refractivity contribution in [2.45, 2.75) is 24.8 Å². The predicted octanol–water partition coefficient (Wildman–Crippen LogP) is 1.11. The maximum Gasteiger partial charge on any atom is 0.243 e. The summed E-state index contributed by atoms with van der Waals surface area (Å²) in [5, 5.41) is 0. The van der Waals surface area contributed by atoms with Crippen molar-refractivity contribution < 1.29 is 17.5 Å². The third kappa shape index (κ3) is 3.66. The van der Waals surface area contributed by atoms with Gasteiger partial charge in [-0.25, -0.2) is 17.5 Å². The molecule has 3 N–H and O–H groups in total. The molecule has 0 aromatic heterocycles. The molecule has 0 amide bonds. The van der Waals surface area contributed by atoms with Gasteiger partial charge in [-0.15, -0.1) is 0 Å². The lowest BCUT2D eigenvalue weighted by molar-refractivity contribution is 0.133. The van der Waals surface area contributed by atoms with Gasteiger partial charge in [-0.3, -0.25) is 0 Å². The van der Waals surface area contributed by atoms with Crippen molar-refractivity contribution in [2.24, 2.45) is 0 Å². The number of nitrogen functional groups attached to an aromatic ring is 1. The summed E-state index contributed by atoms with van der Waals surface area (Å²) in [4.78, 5) is -0.258. The molecule has 0 aliphatic carbocycles. The van der Waals surface area contributed by atoms with Gasteiger partial charge in [-0.05, 0) is 26.0 Å². The summed E-state index contributed by atoms with van der Waals surface area (Å²) in [7, 11) is -3.84. The van der Waals surface area contributed by atoms with E-state index in [0.29, 0.717) is 6.61 Å². The molecule has 0 aliphatic heterocycles. The number of nitrogens with two attached hydrogens (primary N) is 1. The highest BCUT2D eigenvalue weighted by Crippen LogP contribution is 2.20. The van der Waals surface area contributed by atoms with E-state index in [9.17, 15) is 12.8 Å². The molecule has 18 heavy (non-hydrogen) atoms. The molecule has 1 rings (SSSR count). The van der Waals surface area contributed by atoms with Crippen LogP contribution in [0.2, 0.25) is 0 Å². The van der Waals surface area contributed by atoms with Gasteiger partial charge in [0.05, 0.1) is 12.3 Å². The highest BCUT2D eigenvalue weighted by atomic mass is 32.2. The molecule has 7 heteroatoms. The van der Waals surface area contributed by atoms with E-state index in [1.165, 1.54) is 12.1 Å². The summed E-state index contributed by atoms with van der Waals surface area (Å²) >= 11 is 0. The molecule has 0 fully saturated rings. The van der Waals surface area contributed by atoms with Crippen molar-refractivity contribution in [3.8, 4) is 0 Å². The molecule has 1 unspecified atom stereocenters. The van der Waals surface area contributed by atoms with E-state index in [1.54, 1.807) is 6.92 Å². The third-order valence-electron chi connectivity index (χ3n) is 2.23. The Bertz CT molecular complexity index is 505. The molecule has 0 saturated heterocycles. The van der Waals surface area contributed by atoms with Crippen LogP contribution in [0.3, 0.4) is 0 Å². The quantitative estimate of drug-likeness (QED) is 0.763. The van der Waals surface area contributed by atoms with Gasteiger partial charge in [0.1, 0.15) is 10.7 Å². The molecule has 1 atom stereocenters. The zero-order chi connectivity index (χ0) is 13.8. The number of nitrogens with one attached hydrogen (secondary N) is 1. The minimum Gasteiger partial charge on any atom is -0.395 e. The predicted molar refractivity (Wildman–Crippen MR) is 67.1 cm³/mol. The molecular weight excluding hydrogens is 259 g/mol. The first-order valence-corrected chi connectivity index (χ1v) is 7.01. The fourth-order valence-corrected chi connectivity index (χ4v) is 2.78. The van der Waals surface area contributed by atoms with Crippen LogP contribution in [0.25, 0.3) is 0 Å². The summed E-state index contributed by atoms with van der Waals surface area (Å²) in [5.41, 5.74) is 5.04. The van der Waals surface area contributed by atoms with Crippen molar-refractivity contribution in [1.29, 1.82) is 0 Å². The Morgan fingerprint density at radius 3 is 2.78 bits per heavy atom. The number of sulfonamides is 1. The Morgan fingerprint density at radius 2 is 2.17 bits per heavy atom. The largest absolute Gasteiger partial charge is 0.395 e. The summed E-state index contributed by atoms with van der Waals surface area (Å²) in [6, 6.07) is 3.25. The SMILES string of the molecule is CCOCC(C)NS(=O)(=O)c1cccc(F)c1N. The first kappa shape index (κ1) is 14.9. The fourth-order valence-electron chi connectivity index (χ4n) is 1.41. The Balaban J connectivity index is 2.90.